The van der Waals surface area contributed by atoms with E-state index in [-0.39, 0.29) is 24.2 Å². The molecule has 25 heavy (non-hydrogen) atoms. The van der Waals surface area contributed by atoms with Crippen molar-refractivity contribution in [1.29, 1.82) is 0 Å². The predicted molar refractivity (Wildman–Crippen MR) is 95.7 cm³/mol. The van der Waals surface area contributed by atoms with E-state index in [9.17, 15) is 9.59 Å². The Bertz CT molecular complexity index is 774. The normalized spacial score (nSPS) is 16.8. The van der Waals surface area contributed by atoms with E-state index >= 15 is 0 Å². The Labute approximate surface area is 146 Å². The molecule has 1 aliphatic heterocycles. The average Bonchev–Trinajstić information content (AvgIpc) is 2.98. The van der Waals surface area contributed by atoms with Crippen LogP contribution in [0.4, 0.5) is 11.5 Å². The van der Waals surface area contributed by atoms with Crippen LogP contribution in [0, 0.1) is 12.8 Å². The van der Waals surface area contributed by atoms with E-state index in [2.05, 4.69) is 10.3 Å². The van der Waals surface area contributed by atoms with Crippen molar-refractivity contribution >= 4 is 23.3 Å². The standard InChI is InChI=1S/C19H21N3O3/c1-3-25-16-9-7-15(8-10-16)22-12-14(11-18(22)23)19(24)21-17-6-4-5-13(2)20-17/h4-10,14H,3,11-12H2,1-2H3,(H,20,21,24)/t14-/m1/s1. The minimum Gasteiger partial charge on any atom is -0.494 e. The number of aromatic nitrogens is 1. The SMILES string of the molecule is CCOc1ccc(N2C[C@H](C(=O)Nc3cccc(C)n3)CC2=O)cc1. The molecule has 3 rings (SSSR count). The van der Waals surface area contributed by atoms with E-state index in [1.165, 1.54) is 0 Å². The van der Waals surface area contributed by atoms with Crippen LogP contribution in [0.3, 0.4) is 0 Å². The van der Waals surface area contributed by atoms with Crippen LogP contribution in [-0.2, 0) is 9.59 Å². The van der Waals surface area contributed by atoms with E-state index in [1.54, 1.807) is 11.0 Å². The third-order valence-corrected chi connectivity index (χ3v) is 4.09. The number of nitrogens with one attached hydrogen (secondary N) is 1. The largest absolute Gasteiger partial charge is 0.494 e. The third kappa shape index (κ3) is 3.96. The smallest absolute Gasteiger partial charge is 0.230 e. The van der Waals surface area contributed by atoms with Crippen LogP contribution >= 0.6 is 0 Å². The third-order valence-electron chi connectivity index (χ3n) is 4.09. The molecule has 0 spiro atoms. The van der Waals surface area contributed by atoms with Gasteiger partial charge in [0, 0.05) is 24.3 Å². The highest BCUT2D eigenvalue weighted by Gasteiger charge is 2.35. The molecule has 0 radical (unpaired) electrons. The molecule has 1 saturated heterocycles. The van der Waals surface area contributed by atoms with Crippen LogP contribution in [0.2, 0.25) is 0 Å². The molecule has 2 aromatic rings. The Morgan fingerprint density at radius 1 is 1.28 bits per heavy atom. The number of carbonyl (C=O) groups excluding carboxylic acids is 2. The molecule has 130 valence electrons. The van der Waals surface area contributed by atoms with Gasteiger partial charge in [-0.05, 0) is 50.2 Å². The summed E-state index contributed by atoms with van der Waals surface area (Å²) in [5.41, 5.74) is 1.61. The van der Waals surface area contributed by atoms with E-state index in [0.717, 1.165) is 17.1 Å². The predicted octanol–water partition coefficient (Wildman–Crippen LogP) is 2.78. The number of rotatable bonds is 5. The van der Waals surface area contributed by atoms with Gasteiger partial charge in [-0.15, -0.1) is 0 Å². The van der Waals surface area contributed by atoms with Crippen LogP contribution < -0.4 is 15.0 Å². The Hall–Kier alpha value is -2.89. The zero-order valence-electron chi connectivity index (χ0n) is 14.4. The summed E-state index contributed by atoms with van der Waals surface area (Å²) in [5.74, 6) is 0.650. The number of hydrogen-bond donors (Lipinski definition) is 1. The molecule has 1 aromatic heterocycles. The Morgan fingerprint density at radius 3 is 2.72 bits per heavy atom. The Balaban J connectivity index is 1.66. The first-order chi connectivity index (χ1) is 12.1. The van der Waals surface area contributed by atoms with Crippen molar-refractivity contribution in [3.63, 3.8) is 0 Å². The molecule has 6 nitrogen and oxygen atoms in total. The summed E-state index contributed by atoms with van der Waals surface area (Å²) >= 11 is 0. The molecule has 1 aromatic carbocycles. The molecule has 1 atom stereocenters. The number of carbonyl (C=O) groups is 2. The second kappa shape index (κ2) is 7.34. The Morgan fingerprint density at radius 2 is 2.04 bits per heavy atom. The molecule has 0 bridgehead atoms. The van der Waals surface area contributed by atoms with Crippen LogP contribution in [0.15, 0.2) is 42.5 Å². The van der Waals surface area contributed by atoms with Crippen LogP contribution in [0.5, 0.6) is 5.75 Å². The lowest BCUT2D eigenvalue weighted by Gasteiger charge is -2.17. The summed E-state index contributed by atoms with van der Waals surface area (Å²) in [6.45, 7) is 4.74. The number of ether oxygens (including phenoxy) is 1. The second-order valence-electron chi connectivity index (χ2n) is 5.99. The van der Waals surface area contributed by atoms with Crippen molar-refractivity contribution in [2.24, 2.45) is 5.92 Å². The number of amides is 2. The summed E-state index contributed by atoms with van der Waals surface area (Å²) in [5, 5.41) is 2.79. The highest BCUT2D eigenvalue weighted by Crippen LogP contribution is 2.27. The lowest BCUT2D eigenvalue weighted by molar-refractivity contribution is -0.122. The van der Waals surface area contributed by atoms with E-state index in [0.29, 0.717) is 19.0 Å². The molecular formula is C19H21N3O3. The molecule has 2 amide bonds. The van der Waals surface area contributed by atoms with Gasteiger partial charge in [-0.25, -0.2) is 4.98 Å². The minimum atomic E-state index is -0.388. The van der Waals surface area contributed by atoms with Crippen LogP contribution in [0.1, 0.15) is 19.0 Å². The fourth-order valence-corrected chi connectivity index (χ4v) is 2.86. The van der Waals surface area contributed by atoms with Gasteiger partial charge in [-0.1, -0.05) is 6.07 Å². The van der Waals surface area contributed by atoms with E-state index in [4.69, 9.17) is 4.74 Å². The lowest BCUT2D eigenvalue weighted by Crippen LogP contribution is -2.28. The molecule has 0 unspecified atom stereocenters. The summed E-state index contributed by atoms with van der Waals surface area (Å²) in [6, 6.07) is 12.8. The zero-order valence-corrected chi connectivity index (χ0v) is 14.4. The number of aryl methyl sites for hydroxylation is 1. The average molecular weight is 339 g/mol. The van der Waals surface area contributed by atoms with Gasteiger partial charge in [0.25, 0.3) is 0 Å². The fraction of sp³-hybridized carbons (Fsp3) is 0.316. The van der Waals surface area contributed by atoms with Crippen molar-refractivity contribution in [3.8, 4) is 5.75 Å². The summed E-state index contributed by atoms with van der Waals surface area (Å²) in [6.07, 6.45) is 0.199. The van der Waals surface area contributed by atoms with Gasteiger partial charge in [0.1, 0.15) is 11.6 Å². The molecule has 1 fully saturated rings. The first-order valence-electron chi connectivity index (χ1n) is 8.34. The molecule has 0 saturated carbocycles. The molecule has 1 aliphatic rings. The van der Waals surface area contributed by atoms with Crippen molar-refractivity contribution in [1.82, 2.24) is 4.98 Å². The van der Waals surface area contributed by atoms with Crippen molar-refractivity contribution in [2.75, 3.05) is 23.4 Å². The number of pyridine rings is 1. The minimum absolute atomic E-state index is 0.0542. The van der Waals surface area contributed by atoms with Gasteiger partial charge in [-0.2, -0.15) is 0 Å². The molecule has 0 aliphatic carbocycles. The summed E-state index contributed by atoms with van der Waals surface area (Å²) in [7, 11) is 0. The highest BCUT2D eigenvalue weighted by atomic mass is 16.5. The van der Waals surface area contributed by atoms with Gasteiger partial charge in [0.15, 0.2) is 0 Å². The number of nitrogens with zero attached hydrogens (tertiary/aromatic N) is 2. The van der Waals surface area contributed by atoms with Crippen molar-refractivity contribution in [3.05, 3.63) is 48.2 Å². The summed E-state index contributed by atoms with van der Waals surface area (Å²) in [4.78, 5) is 30.6. The second-order valence-corrected chi connectivity index (χ2v) is 5.99. The molecule has 1 N–H and O–H groups in total. The van der Waals surface area contributed by atoms with E-state index in [1.807, 2.05) is 50.2 Å². The van der Waals surface area contributed by atoms with Gasteiger partial charge in [-0.3, -0.25) is 9.59 Å². The highest BCUT2D eigenvalue weighted by molar-refractivity contribution is 6.03. The van der Waals surface area contributed by atoms with Crippen molar-refractivity contribution in [2.45, 2.75) is 20.3 Å². The maximum atomic E-state index is 12.4. The lowest BCUT2D eigenvalue weighted by atomic mass is 10.1. The summed E-state index contributed by atoms with van der Waals surface area (Å²) < 4.78 is 5.41. The monoisotopic (exact) mass is 339 g/mol. The van der Waals surface area contributed by atoms with Gasteiger partial charge < -0.3 is 15.0 Å². The Kier molecular flexibility index (Phi) is 4.97. The topological polar surface area (TPSA) is 71.5 Å². The molecule has 6 heteroatoms. The van der Waals surface area contributed by atoms with Crippen molar-refractivity contribution < 1.29 is 14.3 Å². The van der Waals surface area contributed by atoms with E-state index < -0.39 is 0 Å². The first kappa shape index (κ1) is 17.0. The number of hydrogen-bond acceptors (Lipinski definition) is 4. The zero-order chi connectivity index (χ0) is 17.8. The maximum absolute atomic E-state index is 12.4. The fourth-order valence-electron chi connectivity index (χ4n) is 2.86. The quantitative estimate of drug-likeness (QED) is 0.909. The van der Waals surface area contributed by atoms with Gasteiger partial charge >= 0.3 is 0 Å². The van der Waals surface area contributed by atoms with Gasteiger partial charge in [0.2, 0.25) is 11.8 Å². The number of benzene rings is 1. The molecular weight excluding hydrogens is 318 g/mol. The van der Waals surface area contributed by atoms with Crippen LogP contribution in [-0.4, -0.2) is 29.9 Å². The maximum Gasteiger partial charge on any atom is 0.230 e. The van der Waals surface area contributed by atoms with Gasteiger partial charge in [0.05, 0.1) is 12.5 Å². The first-order valence-corrected chi connectivity index (χ1v) is 8.34. The number of anilines is 2. The molecule has 2 heterocycles. The van der Waals surface area contributed by atoms with Crippen LogP contribution in [0.25, 0.3) is 0 Å².